The highest BCUT2D eigenvalue weighted by molar-refractivity contribution is 6.10. The standard InChI is InChI=1S/C13H23NO5/c1-12(2,3)19-10(16)8-9(15)13(4,5)11(17)14(6)18-7/h8H2,1-7H3. The van der Waals surface area contributed by atoms with Gasteiger partial charge in [0.25, 0.3) is 5.91 Å². The van der Waals surface area contributed by atoms with Crippen molar-refractivity contribution in [2.75, 3.05) is 14.2 Å². The van der Waals surface area contributed by atoms with Crippen LogP contribution in [0.2, 0.25) is 0 Å². The molecule has 0 spiro atoms. The maximum absolute atomic E-state index is 12.0. The van der Waals surface area contributed by atoms with E-state index in [2.05, 4.69) is 0 Å². The minimum absolute atomic E-state index is 0.437. The van der Waals surface area contributed by atoms with Gasteiger partial charge in [0.05, 0.1) is 7.11 Å². The lowest BCUT2D eigenvalue weighted by atomic mass is 9.85. The zero-order valence-corrected chi connectivity index (χ0v) is 12.7. The van der Waals surface area contributed by atoms with E-state index in [1.807, 2.05) is 0 Å². The maximum Gasteiger partial charge on any atom is 0.313 e. The van der Waals surface area contributed by atoms with Crippen LogP contribution in [-0.4, -0.2) is 42.5 Å². The summed E-state index contributed by atoms with van der Waals surface area (Å²) < 4.78 is 5.05. The molecular formula is C13H23NO5. The largest absolute Gasteiger partial charge is 0.460 e. The van der Waals surface area contributed by atoms with Gasteiger partial charge in [0.2, 0.25) is 0 Å². The quantitative estimate of drug-likeness (QED) is 0.429. The van der Waals surface area contributed by atoms with E-state index in [9.17, 15) is 14.4 Å². The zero-order valence-electron chi connectivity index (χ0n) is 12.7. The highest BCUT2D eigenvalue weighted by Gasteiger charge is 2.39. The Labute approximate surface area is 114 Å². The van der Waals surface area contributed by atoms with Crippen molar-refractivity contribution in [2.24, 2.45) is 5.41 Å². The van der Waals surface area contributed by atoms with Crippen LogP contribution in [0.1, 0.15) is 41.0 Å². The molecule has 0 fully saturated rings. The molecule has 1 amide bonds. The summed E-state index contributed by atoms with van der Waals surface area (Å²) in [6.45, 7) is 8.05. The first-order valence-corrected chi connectivity index (χ1v) is 5.99. The number of carbonyl (C=O) groups excluding carboxylic acids is 3. The first-order chi connectivity index (χ1) is 8.41. The summed E-state index contributed by atoms with van der Waals surface area (Å²) in [5.41, 5.74) is -1.99. The Balaban J connectivity index is 4.74. The molecule has 0 saturated heterocycles. The molecule has 0 rings (SSSR count). The van der Waals surface area contributed by atoms with Crippen molar-refractivity contribution in [3.8, 4) is 0 Å². The molecule has 6 nitrogen and oxygen atoms in total. The van der Waals surface area contributed by atoms with Gasteiger partial charge in [0.1, 0.15) is 17.4 Å². The molecule has 6 heteroatoms. The average molecular weight is 273 g/mol. The number of Topliss-reactive ketones (excluding diaryl/α,β-unsaturated/α-hetero) is 1. The third kappa shape index (κ3) is 5.38. The van der Waals surface area contributed by atoms with Crippen molar-refractivity contribution in [3.05, 3.63) is 0 Å². The summed E-state index contributed by atoms with van der Waals surface area (Å²) in [5, 5.41) is 0.965. The van der Waals surface area contributed by atoms with Crippen molar-refractivity contribution in [1.29, 1.82) is 0 Å². The second-order valence-corrected chi connectivity index (χ2v) is 5.80. The van der Waals surface area contributed by atoms with Crippen LogP contribution in [0, 0.1) is 5.41 Å². The Morgan fingerprint density at radius 2 is 1.53 bits per heavy atom. The van der Waals surface area contributed by atoms with E-state index in [-0.39, 0.29) is 0 Å². The minimum Gasteiger partial charge on any atom is -0.460 e. The molecule has 0 aromatic rings. The van der Waals surface area contributed by atoms with Gasteiger partial charge in [-0.1, -0.05) is 0 Å². The van der Waals surface area contributed by atoms with Gasteiger partial charge in [-0.25, -0.2) is 5.06 Å². The molecule has 0 saturated carbocycles. The van der Waals surface area contributed by atoms with Crippen LogP contribution in [0.4, 0.5) is 0 Å². The monoisotopic (exact) mass is 273 g/mol. The molecule has 0 N–H and O–H groups in total. The van der Waals surface area contributed by atoms with E-state index in [0.717, 1.165) is 5.06 Å². The lowest BCUT2D eigenvalue weighted by Crippen LogP contribution is -2.44. The molecule has 0 unspecified atom stereocenters. The number of hydroxylamine groups is 2. The van der Waals surface area contributed by atoms with E-state index in [1.165, 1.54) is 28.0 Å². The SMILES string of the molecule is CON(C)C(=O)C(C)(C)C(=O)CC(=O)OC(C)(C)C. The minimum atomic E-state index is -1.33. The molecule has 110 valence electrons. The third-order valence-corrected chi connectivity index (χ3v) is 2.52. The van der Waals surface area contributed by atoms with Crippen LogP contribution in [0.25, 0.3) is 0 Å². The molecule has 19 heavy (non-hydrogen) atoms. The van der Waals surface area contributed by atoms with Gasteiger partial charge in [0, 0.05) is 7.05 Å². The molecule has 0 aliphatic rings. The first-order valence-electron chi connectivity index (χ1n) is 5.99. The fraction of sp³-hybridized carbons (Fsp3) is 0.769. The normalized spacial score (nSPS) is 11.9. The number of ether oxygens (including phenoxy) is 1. The number of esters is 1. The van der Waals surface area contributed by atoms with Gasteiger partial charge < -0.3 is 4.74 Å². The summed E-state index contributed by atoms with van der Waals surface area (Å²) in [6.07, 6.45) is -0.437. The van der Waals surface area contributed by atoms with Crippen molar-refractivity contribution in [2.45, 2.75) is 46.6 Å². The van der Waals surface area contributed by atoms with Gasteiger partial charge in [0.15, 0.2) is 5.78 Å². The van der Waals surface area contributed by atoms with Crippen molar-refractivity contribution in [1.82, 2.24) is 5.06 Å². The van der Waals surface area contributed by atoms with Crippen LogP contribution in [0.5, 0.6) is 0 Å². The fourth-order valence-electron chi connectivity index (χ4n) is 1.33. The van der Waals surface area contributed by atoms with Crippen molar-refractivity contribution in [3.63, 3.8) is 0 Å². The van der Waals surface area contributed by atoms with Crippen LogP contribution < -0.4 is 0 Å². The van der Waals surface area contributed by atoms with Gasteiger partial charge in [-0.3, -0.25) is 19.2 Å². The van der Waals surface area contributed by atoms with E-state index in [0.29, 0.717) is 0 Å². The Morgan fingerprint density at radius 3 is 1.89 bits per heavy atom. The predicted molar refractivity (Wildman–Crippen MR) is 69.0 cm³/mol. The summed E-state index contributed by atoms with van der Waals surface area (Å²) in [6, 6.07) is 0. The van der Waals surface area contributed by atoms with Crippen molar-refractivity contribution >= 4 is 17.7 Å². The molecule has 0 radical (unpaired) electrons. The van der Waals surface area contributed by atoms with Crippen LogP contribution in [0.15, 0.2) is 0 Å². The van der Waals surface area contributed by atoms with E-state index < -0.39 is 35.1 Å². The lowest BCUT2D eigenvalue weighted by molar-refractivity contribution is -0.180. The van der Waals surface area contributed by atoms with Crippen molar-refractivity contribution < 1.29 is 24.0 Å². The first kappa shape index (κ1) is 17.6. The van der Waals surface area contributed by atoms with E-state index >= 15 is 0 Å². The fourth-order valence-corrected chi connectivity index (χ4v) is 1.33. The molecule has 0 aliphatic heterocycles. The van der Waals surface area contributed by atoms with Crippen LogP contribution in [-0.2, 0) is 24.0 Å². The van der Waals surface area contributed by atoms with Crippen LogP contribution in [0.3, 0.4) is 0 Å². The molecule has 0 aromatic heterocycles. The lowest BCUT2D eigenvalue weighted by Gasteiger charge is -2.27. The molecule has 0 aliphatic carbocycles. The highest BCUT2D eigenvalue weighted by atomic mass is 16.7. The van der Waals surface area contributed by atoms with Gasteiger partial charge >= 0.3 is 5.97 Å². The topological polar surface area (TPSA) is 72.9 Å². The second kappa shape index (κ2) is 6.14. The summed E-state index contributed by atoms with van der Waals surface area (Å²) >= 11 is 0. The van der Waals surface area contributed by atoms with Gasteiger partial charge in [-0.05, 0) is 34.6 Å². The van der Waals surface area contributed by atoms with E-state index in [1.54, 1.807) is 20.8 Å². The predicted octanol–water partition coefficient (Wildman–Crippen LogP) is 1.33. The molecular weight excluding hydrogens is 250 g/mol. The third-order valence-electron chi connectivity index (χ3n) is 2.52. The smallest absolute Gasteiger partial charge is 0.313 e. The van der Waals surface area contributed by atoms with Crippen LogP contribution >= 0.6 is 0 Å². The Bertz CT molecular complexity index is 368. The summed E-state index contributed by atoms with van der Waals surface area (Å²) in [5.74, 6) is -1.65. The summed E-state index contributed by atoms with van der Waals surface area (Å²) in [7, 11) is 2.73. The number of hydrogen-bond donors (Lipinski definition) is 0. The zero-order chi connectivity index (χ0) is 15.4. The van der Waals surface area contributed by atoms with Gasteiger partial charge in [-0.2, -0.15) is 0 Å². The molecule has 0 heterocycles. The molecule has 0 aromatic carbocycles. The second-order valence-electron chi connectivity index (χ2n) is 5.80. The number of nitrogens with zero attached hydrogens (tertiary/aromatic N) is 1. The van der Waals surface area contributed by atoms with Gasteiger partial charge in [-0.15, -0.1) is 0 Å². The number of rotatable bonds is 5. The molecule has 0 atom stereocenters. The number of carbonyl (C=O) groups is 3. The average Bonchev–Trinajstić information content (AvgIpc) is 2.23. The molecule has 0 bridgehead atoms. The number of hydrogen-bond acceptors (Lipinski definition) is 5. The number of ketones is 1. The van der Waals surface area contributed by atoms with E-state index in [4.69, 9.17) is 9.57 Å². The number of amides is 1. The highest BCUT2D eigenvalue weighted by Crippen LogP contribution is 2.22. The Hall–Kier alpha value is -1.43. The Morgan fingerprint density at radius 1 is 1.05 bits per heavy atom. The summed E-state index contributed by atoms with van der Waals surface area (Å²) in [4.78, 5) is 40.3. The maximum atomic E-state index is 12.0. The Kier molecular flexibility index (Phi) is 5.68.